The maximum absolute atomic E-state index is 14.2. The van der Waals surface area contributed by atoms with Crippen LogP contribution in [0.2, 0.25) is 0 Å². The molecule has 0 N–H and O–H groups in total. The number of anilines is 3. The molecule has 1 aliphatic rings. The van der Waals surface area contributed by atoms with Crippen LogP contribution in [0, 0.1) is 0 Å². The minimum absolute atomic E-state index is 0.414. The molecule has 2 heterocycles. The van der Waals surface area contributed by atoms with Gasteiger partial charge in [0.1, 0.15) is 11.6 Å². The van der Waals surface area contributed by atoms with Crippen LogP contribution in [0.4, 0.5) is 17.1 Å². The first-order chi connectivity index (χ1) is 29.7. The summed E-state index contributed by atoms with van der Waals surface area (Å²) in [7, 11) is 0. The Kier molecular flexibility index (Phi) is 7.59. The molecule has 0 aliphatic carbocycles. The van der Waals surface area contributed by atoms with Gasteiger partial charge in [0.15, 0.2) is 11.5 Å². The molecule has 0 amide bonds. The molecule has 12 rings (SSSR count). The van der Waals surface area contributed by atoms with Crippen LogP contribution in [-0.2, 0) is 0 Å². The summed E-state index contributed by atoms with van der Waals surface area (Å²) in [5.41, 5.74) is 5.40. The highest BCUT2D eigenvalue weighted by atomic mass is 16.5. The number of esters is 1. The molecule has 1 aliphatic heterocycles. The van der Waals surface area contributed by atoms with Crippen molar-refractivity contribution in [1.82, 2.24) is 9.55 Å². The van der Waals surface area contributed by atoms with E-state index >= 15 is 0 Å². The minimum Gasteiger partial charge on any atom is -0.453 e. The van der Waals surface area contributed by atoms with Gasteiger partial charge >= 0.3 is 5.97 Å². The lowest BCUT2D eigenvalue weighted by atomic mass is 9.90. The van der Waals surface area contributed by atoms with Crippen LogP contribution >= 0.6 is 0 Å². The van der Waals surface area contributed by atoms with Crippen LogP contribution in [0.1, 0.15) is 10.4 Å². The fourth-order valence-corrected chi connectivity index (χ4v) is 9.04. The van der Waals surface area contributed by atoms with Gasteiger partial charge in [-0.05, 0) is 92.3 Å². The Bertz CT molecular complexity index is 3440. The molecule has 1 aromatic heterocycles. The van der Waals surface area contributed by atoms with Gasteiger partial charge in [0.25, 0.3) is 0 Å². The number of aromatic nitrogens is 2. The zero-order chi connectivity index (χ0) is 39.7. The minimum atomic E-state index is -0.414. The lowest BCUT2D eigenvalue weighted by molar-refractivity contribution is 0.0737. The Morgan fingerprint density at radius 2 is 1.08 bits per heavy atom. The van der Waals surface area contributed by atoms with E-state index in [1.54, 1.807) is 12.1 Å². The highest BCUT2D eigenvalue weighted by Crippen LogP contribution is 2.56. The number of hydrogen-bond donors (Lipinski definition) is 0. The summed E-state index contributed by atoms with van der Waals surface area (Å²) in [6.45, 7) is 0. The number of rotatable bonds is 5. The van der Waals surface area contributed by atoms with E-state index in [9.17, 15) is 4.79 Å². The summed E-state index contributed by atoms with van der Waals surface area (Å²) in [5.74, 6) is 2.49. The summed E-state index contributed by atoms with van der Waals surface area (Å²) >= 11 is 0. The van der Waals surface area contributed by atoms with Crippen LogP contribution < -0.4 is 14.4 Å². The Morgan fingerprint density at radius 3 is 1.80 bits per heavy atom. The van der Waals surface area contributed by atoms with Gasteiger partial charge in [-0.15, -0.1) is 0 Å². The quantitative estimate of drug-likeness (QED) is 0.0991. The molecule has 6 nitrogen and oxygen atoms in total. The van der Waals surface area contributed by atoms with Crippen LogP contribution in [0.15, 0.2) is 200 Å². The first-order valence-electron chi connectivity index (χ1n) is 20.0. The second-order valence-corrected chi connectivity index (χ2v) is 15.1. The largest absolute Gasteiger partial charge is 0.453 e. The number of benzene rings is 10. The second kappa shape index (κ2) is 13.4. The standard InChI is InChI=1S/C54H33N3O3/c58-54(59-39-16-5-2-6-17-39)45-21-11-20-43-46-32-37(56-31-30-55-53(56)36-14-3-1-4-15-36)24-26-42(46)47-33-38(25-27-44(47)50(43)45)57-51-40-18-9-7-12-34(40)22-28-48(51)60-49-29-23-35-13-8-10-19-41(35)52(49)57/h1-33H. The molecule has 0 saturated heterocycles. The van der Waals surface area contributed by atoms with Crippen molar-refractivity contribution in [2.24, 2.45) is 0 Å². The topological polar surface area (TPSA) is 56.6 Å². The highest BCUT2D eigenvalue weighted by Gasteiger charge is 2.30. The van der Waals surface area contributed by atoms with E-state index in [4.69, 9.17) is 14.5 Å². The number of nitrogens with zero attached hydrogens (tertiary/aromatic N) is 3. The predicted octanol–water partition coefficient (Wildman–Crippen LogP) is 14.1. The Hall–Kier alpha value is -8.22. The predicted molar refractivity (Wildman–Crippen MR) is 243 cm³/mol. The average Bonchev–Trinajstić information content (AvgIpc) is 3.81. The van der Waals surface area contributed by atoms with Crippen LogP contribution in [0.3, 0.4) is 0 Å². The fourth-order valence-electron chi connectivity index (χ4n) is 9.04. The number of ether oxygens (including phenoxy) is 2. The van der Waals surface area contributed by atoms with Gasteiger partial charge in [0.2, 0.25) is 0 Å². The third-order valence-electron chi connectivity index (χ3n) is 11.7. The van der Waals surface area contributed by atoms with E-state index in [1.807, 2.05) is 60.9 Å². The Balaban J connectivity index is 1.15. The highest BCUT2D eigenvalue weighted by molar-refractivity contribution is 6.30. The lowest BCUT2D eigenvalue weighted by Crippen LogP contribution is -2.17. The zero-order valence-electron chi connectivity index (χ0n) is 32.1. The number of carbonyl (C=O) groups is 1. The van der Waals surface area contributed by atoms with Gasteiger partial charge in [-0.3, -0.25) is 4.57 Å². The number of imidazole rings is 1. The van der Waals surface area contributed by atoms with Gasteiger partial charge in [-0.25, -0.2) is 9.78 Å². The van der Waals surface area contributed by atoms with Crippen molar-refractivity contribution in [3.8, 4) is 34.3 Å². The van der Waals surface area contributed by atoms with Gasteiger partial charge in [-0.2, -0.15) is 0 Å². The molecule has 11 aromatic rings. The van der Waals surface area contributed by atoms with Crippen molar-refractivity contribution in [3.05, 3.63) is 206 Å². The first-order valence-corrected chi connectivity index (χ1v) is 20.0. The molecule has 60 heavy (non-hydrogen) atoms. The maximum Gasteiger partial charge on any atom is 0.344 e. The van der Waals surface area contributed by atoms with E-state index < -0.39 is 5.97 Å². The molecule has 0 spiro atoms. The molecule has 0 fully saturated rings. The molecule has 0 unspecified atom stereocenters. The van der Waals surface area contributed by atoms with Crippen molar-refractivity contribution < 1.29 is 14.3 Å². The van der Waals surface area contributed by atoms with Gasteiger partial charge in [0.05, 0.1) is 16.9 Å². The number of carbonyl (C=O) groups excluding carboxylic acids is 1. The summed E-state index contributed by atoms with van der Waals surface area (Å²) < 4.78 is 14.9. The third-order valence-corrected chi connectivity index (χ3v) is 11.7. The van der Waals surface area contributed by atoms with Gasteiger partial charge < -0.3 is 14.4 Å². The Labute approximate surface area is 344 Å². The van der Waals surface area contributed by atoms with Crippen LogP contribution in [0.5, 0.6) is 17.2 Å². The van der Waals surface area contributed by atoms with E-state index in [2.05, 4.69) is 137 Å². The summed E-state index contributed by atoms with van der Waals surface area (Å²) in [6, 6.07) is 63.8. The van der Waals surface area contributed by atoms with Gasteiger partial charge in [-0.1, -0.05) is 133 Å². The van der Waals surface area contributed by atoms with E-state index in [-0.39, 0.29) is 0 Å². The molecular weight excluding hydrogens is 739 g/mol. The molecule has 0 saturated carbocycles. The summed E-state index contributed by atoms with van der Waals surface area (Å²) in [4.78, 5) is 21.4. The average molecular weight is 772 g/mol. The van der Waals surface area contributed by atoms with E-state index in [0.29, 0.717) is 11.3 Å². The lowest BCUT2D eigenvalue weighted by Gasteiger charge is -2.35. The number of hydrogen-bond acceptors (Lipinski definition) is 5. The molecule has 6 heteroatoms. The normalized spacial score (nSPS) is 12.2. The van der Waals surface area contributed by atoms with E-state index in [1.165, 1.54) is 0 Å². The monoisotopic (exact) mass is 771 g/mol. The van der Waals surface area contributed by atoms with Crippen molar-refractivity contribution >= 4 is 76.9 Å². The number of fused-ring (bicyclic) bond motifs is 12. The van der Waals surface area contributed by atoms with Crippen LogP contribution in [-0.4, -0.2) is 15.5 Å². The van der Waals surface area contributed by atoms with Crippen molar-refractivity contribution in [1.29, 1.82) is 0 Å². The smallest absolute Gasteiger partial charge is 0.344 e. The SMILES string of the molecule is O=C(Oc1ccccc1)c1cccc2c3cc(-n4ccnc4-c4ccccc4)ccc3c3cc(N4c5c(ccc6ccccc56)Oc5ccc6ccccc6c54)ccc3c12. The van der Waals surface area contributed by atoms with Crippen molar-refractivity contribution in [2.45, 2.75) is 0 Å². The molecule has 0 bridgehead atoms. The molecular formula is C54H33N3O3. The summed E-state index contributed by atoms with van der Waals surface area (Å²) in [5, 5.41) is 10.2. The molecule has 0 atom stereocenters. The zero-order valence-corrected chi connectivity index (χ0v) is 32.1. The van der Waals surface area contributed by atoms with E-state index in [0.717, 1.165) is 99.5 Å². The maximum atomic E-state index is 14.2. The molecule has 282 valence electrons. The van der Waals surface area contributed by atoms with Crippen molar-refractivity contribution in [2.75, 3.05) is 4.90 Å². The summed E-state index contributed by atoms with van der Waals surface area (Å²) in [6.07, 6.45) is 3.83. The Morgan fingerprint density at radius 1 is 0.500 bits per heavy atom. The first kappa shape index (κ1) is 33.9. The van der Waals surface area contributed by atoms with Crippen LogP contribution in [0.25, 0.3) is 70.9 Å². The fraction of sp³-hybridized carbons (Fsp3) is 0. The second-order valence-electron chi connectivity index (χ2n) is 15.1. The van der Waals surface area contributed by atoms with Gasteiger partial charge in [0, 0.05) is 45.5 Å². The third kappa shape index (κ3) is 5.28. The molecule has 0 radical (unpaired) electrons. The number of para-hydroxylation sites is 1. The van der Waals surface area contributed by atoms with Crippen molar-refractivity contribution in [3.63, 3.8) is 0 Å². The molecule has 10 aromatic carbocycles.